The Kier molecular flexibility index (Phi) is 7.60. The zero-order valence-electron chi connectivity index (χ0n) is 13.3. The highest BCUT2D eigenvalue weighted by Crippen LogP contribution is 2.37. The van der Waals surface area contributed by atoms with Crippen molar-refractivity contribution in [1.29, 1.82) is 0 Å². The Bertz CT molecular complexity index is 634. The van der Waals surface area contributed by atoms with E-state index >= 15 is 0 Å². The maximum absolute atomic E-state index is 12.9. The molecule has 0 saturated carbocycles. The Morgan fingerprint density at radius 1 is 1.17 bits per heavy atom. The Labute approximate surface area is 152 Å². The normalized spacial score (nSPS) is 16.7. The monoisotopic (exact) mass is 428 g/mol. The van der Waals surface area contributed by atoms with Crippen LogP contribution < -0.4 is 14.8 Å². The average molecular weight is 430 g/mol. The number of benzene rings is 1. The van der Waals surface area contributed by atoms with Gasteiger partial charge < -0.3 is 14.8 Å². The summed E-state index contributed by atoms with van der Waals surface area (Å²) in [6, 6.07) is 3.49. The van der Waals surface area contributed by atoms with Crippen LogP contribution in [0.25, 0.3) is 0 Å². The number of hydrogen-bond donors (Lipinski definition) is 1. The standard InChI is InChI=1S/C14H21BrN2O4S.ClH/c1-16-10-4-6-17(7-5-10)22(18,19)14-9-12(20-2)11(15)8-13(14)21-3;/h8-10,16H,4-7H2,1-3H3;1H. The number of rotatable bonds is 5. The minimum atomic E-state index is -3.61. The molecule has 9 heteroatoms. The largest absolute Gasteiger partial charge is 0.496 e. The first kappa shape index (κ1) is 20.5. The van der Waals surface area contributed by atoms with Crippen LogP contribution >= 0.6 is 28.3 Å². The Balaban J connectivity index is 0.00000264. The lowest BCUT2D eigenvalue weighted by Crippen LogP contribution is -2.43. The molecular weight excluding hydrogens is 408 g/mol. The van der Waals surface area contributed by atoms with E-state index in [9.17, 15) is 8.42 Å². The van der Waals surface area contributed by atoms with Crippen molar-refractivity contribution in [3.05, 3.63) is 16.6 Å². The molecule has 0 atom stereocenters. The van der Waals surface area contributed by atoms with E-state index in [1.54, 1.807) is 6.07 Å². The molecule has 1 fully saturated rings. The van der Waals surface area contributed by atoms with Crippen LogP contribution in [0.1, 0.15) is 12.8 Å². The van der Waals surface area contributed by atoms with Crippen molar-refractivity contribution in [2.45, 2.75) is 23.8 Å². The van der Waals surface area contributed by atoms with E-state index in [1.807, 2.05) is 7.05 Å². The van der Waals surface area contributed by atoms with Gasteiger partial charge in [-0.05, 0) is 41.9 Å². The average Bonchev–Trinajstić information content (AvgIpc) is 2.54. The summed E-state index contributed by atoms with van der Waals surface area (Å²) in [6.07, 6.45) is 1.59. The molecule has 0 aromatic heterocycles. The van der Waals surface area contributed by atoms with Crippen LogP contribution in [0.15, 0.2) is 21.5 Å². The summed E-state index contributed by atoms with van der Waals surface area (Å²) < 4.78 is 38.4. The summed E-state index contributed by atoms with van der Waals surface area (Å²) in [5, 5.41) is 3.19. The number of nitrogens with one attached hydrogen (secondary N) is 1. The first-order valence-corrected chi connectivity index (χ1v) is 9.26. The second kappa shape index (κ2) is 8.53. The summed E-state index contributed by atoms with van der Waals surface area (Å²) >= 11 is 3.34. The van der Waals surface area contributed by atoms with E-state index < -0.39 is 10.0 Å². The molecule has 0 unspecified atom stereocenters. The molecule has 6 nitrogen and oxygen atoms in total. The second-order valence-corrected chi connectivity index (χ2v) is 7.87. The van der Waals surface area contributed by atoms with Gasteiger partial charge in [0.15, 0.2) is 0 Å². The minimum absolute atomic E-state index is 0. The fraction of sp³-hybridized carbons (Fsp3) is 0.571. The number of nitrogens with zero attached hydrogens (tertiary/aromatic N) is 1. The third-order valence-corrected chi connectivity index (χ3v) is 6.46. The van der Waals surface area contributed by atoms with Crippen LogP contribution in [0.2, 0.25) is 0 Å². The molecule has 23 heavy (non-hydrogen) atoms. The lowest BCUT2D eigenvalue weighted by Gasteiger charge is -2.31. The van der Waals surface area contributed by atoms with Crippen LogP contribution in [0, 0.1) is 0 Å². The third-order valence-electron chi connectivity index (χ3n) is 3.92. The van der Waals surface area contributed by atoms with E-state index in [0.717, 1.165) is 12.8 Å². The fourth-order valence-electron chi connectivity index (χ4n) is 2.56. The Hall–Kier alpha value is -0.540. The van der Waals surface area contributed by atoms with E-state index in [1.165, 1.54) is 24.6 Å². The Morgan fingerprint density at radius 3 is 2.22 bits per heavy atom. The zero-order chi connectivity index (χ0) is 16.3. The molecule has 1 aromatic carbocycles. The molecule has 1 heterocycles. The summed E-state index contributed by atoms with van der Waals surface area (Å²) in [5.41, 5.74) is 0. The predicted octanol–water partition coefficient (Wildman–Crippen LogP) is 2.26. The molecule has 2 rings (SSSR count). The molecule has 0 spiro atoms. The summed E-state index contributed by atoms with van der Waals surface area (Å²) in [6.45, 7) is 0.991. The molecular formula is C14H22BrClN2O4S. The molecule has 1 aliphatic heterocycles. The molecule has 1 aliphatic rings. The smallest absolute Gasteiger partial charge is 0.246 e. The molecule has 0 amide bonds. The second-order valence-electron chi connectivity index (χ2n) is 5.10. The van der Waals surface area contributed by atoms with Crippen molar-refractivity contribution >= 4 is 38.4 Å². The number of methoxy groups -OCH3 is 2. The van der Waals surface area contributed by atoms with Gasteiger partial charge in [-0.2, -0.15) is 4.31 Å². The molecule has 0 bridgehead atoms. The molecule has 1 N–H and O–H groups in total. The van der Waals surface area contributed by atoms with Crippen molar-refractivity contribution in [3.63, 3.8) is 0 Å². The van der Waals surface area contributed by atoms with Gasteiger partial charge in [0.2, 0.25) is 10.0 Å². The van der Waals surface area contributed by atoms with Gasteiger partial charge in [0.25, 0.3) is 0 Å². The first-order valence-electron chi connectivity index (χ1n) is 7.03. The Morgan fingerprint density at radius 2 is 1.74 bits per heavy atom. The van der Waals surface area contributed by atoms with E-state index in [0.29, 0.717) is 35.1 Å². The number of hydrogen-bond acceptors (Lipinski definition) is 5. The van der Waals surface area contributed by atoms with Crippen molar-refractivity contribution in [2.75, 3.05) is 34.4 Å². The van der Waals surface area contributed by atoms with Gasteiger partial charge in [0.1, 0.15) is 16.4 Å². The number of halogens is 2. The van der Waals surface area contributed by atoms with Gasteiger partial charge in [-0.1, -0.05) is 0 Å². The molecule has 1 saturated heterocycles. The molecule has 1 aromatic rings. The van der Waals surface area contributed by atoms with E-state index in [-0.39, 0.29) is 17.3 Å². The van der Waals surface area contributed by atoms with Crippen molar-refractivity contribution in [2.24, 2.45) is 0 Å². The fourth-order valence-corrected chi connectivity index (χ4v) is 4.66. The van der Waals surface area contributed by atoms with Crippen LogP contribution in [-0.4, -0.2) is 53.1 Å². The SMILES string of the molecule is CNC1CCN(S(=O)(=O)c2cc(OC)c(Br)cc2OC)CC1.Cl. The van der Waals surface area contributed by atoms with Crippen molar-refractivity contribution < 1.29 is 17.9 Å². The number of ether oxygens (including phenoxy) is 2. The number of piperidine rings is 1. The summed E-state index contributed by atoms with van der Waals surface area (Å²) in [4.78, 5) is 0.137. The van der Waals surface area contributed by atoms with Crippen molar-refractivity contribution in [1.82, 2.24) is 9.62 Å². The predicted molar refractivity (Wildman–Crippen MR) is 95.3 cm³/mol. The maximum Gasteiger partial charge on any atom is 0.246 e. The summed E-state index contributed by atoms with van der Waals surface area (Å²) in [5.74, 6) is 0.771. The lowest BCUT2D eigenvalue weighted by molar-refractivity contribution is 0.297. The van der Waals surface area contributed by atoms with Crippen molar-refractivity contribution in [3.8, 4) is 11.5 Å². The maximum atomic E-state index is 12.9. The summed E-state index contributed by atoms with van der Waals surface area (Å²) in [7, 11) is 1.25. The van der Waals surface area contributed by atoms with Crippen LogP contribution in [0.3, 0.4) is 0 Å². The number of sulfonamides is 1. The zero-order valence-corrected chi connectivity index (χ0v) is 16.6. The first-order chi connectivity index (χ1) is 10.4. The van der Waals surface area contributed by atoms with Crippen LogP contribution in [0.5, 0.6) is 11.5 Å². The van der Waals surface area contributed by atoms with Gasteiger partial charge in [0.05, 0.1) is 18.7 Å². The minimum Gasteiger partial charge on any atom is -0.496 e. The lowest BCUT2D eigenvalue weighted by atomic mass is 10.1. The molecule has 0 aliphatic carbocycles. The van der Waals surface area contributed by atoms with Gasteiger partial charge >= 0.3 is 0 Å². The highest BCUT2D eigenvalue weighted by atomic mass is 79.9. The molecule has 132 valence electrons. The third kappa shape index (κ3) is 4.30. The van der Waals surface area contributed by atoms with Crippen LogP contribution in [-0.2, 0) is 10.0 Å². The van der Waals surface area contributed by atoms with E-state index in [2.05, 4.69) is 21.2 Å². The van der Waals surface area contributed by atoms with E-state index in [4.69, 9.17) is 9.47 Å². The van der Waals surface area contributed by atoms with Gasteiger partial charge in [-0.15, -0.1) is 12.4 Å². The molecule has 0 radical (unpaired) electrons. The van der Waals surface area contributed by atoms with Crippen LogP contribution in [0.4, 0.5) is 0 Å². The highest BCUT2D eigenvalue weighted by Gasteiger charge is 2.32. The topological polar surface area (TPSA) is 67.9 Å². The van der Waals surface area contributed by atoms with Gasteiger partial charge in [-0.3, -0.25) is 0 Å². The van der Waals surface area contributed by atoms with Gasteiger partial charge in [-0.25, -0.2) is 8.42 Å². The van der Waals surface area contributed by atoms with Gasteiger partial charge in [0, 0.05) is 25.2 Å². The highest BCUT2D eigenvalue weighted by molar-refractivity contribution is 9.10. The quantitative estimate of drug-likeness (QED) is 0.777.